The number of thioether (sulfide) groups is 1. The van der Waals surface area contributed by atoms with Gasteiger partial charge in [0.15, 0.2) is 5.13 Å². The number of carbonyl (C=O) groups is 3. The standard InChI is InChI=1S/C34H27ClN4O3S2/c1-22-21-43-34(36-22)39-33(42)30(24-10-4-2-5-11-24)44-28-17-15-27(16-18-28)37-32(41)29(20-23-9-8-14-26(35)19-23)38-31(40)25-12-6-3-7-13-25/h2-21,30H,1H3,(H,37,41)(H,38,40)(H,36,39,42)/b29-20-. The van der Waals surface area contributed by atoms with E-state index >= 15 is 0 Å². The molecular formula is C34H27ClN4O3S2. The van der Waals surface area contributed by atoms with E-state index in [9.17, 15) is 14.4 Å². The number of hydrogen-bond acceptors (Lipinski definition) is 6. The number of aryl methyl sites for hydroxylation is 1. The number of rotatable bonds is 10. The van der Waals surface area contributed by atoms with Gasteiger partial charge in [-0.2, -0.15) is 0 Å². The normalized spacial score (nSPS) is 11.8. The molecule has 3 N–H and O–H groups in total. The third kappa shape index (κ3) is 8.44. The Morgan fingerprint density at radius 2 is 1.57 bits per heavy atom. The Morgan fingerprint density at radius 1 is 0.864 bits per heavy atom. The van der Waals surface area contributed by atoms with Gasteiger partial charge in [-0.25, -0.2) is 4.98 Å². The molecule has 1 aromatic heterocycles. The van der Waals surface area contributed by atoms with Crippen LogP contribution in [-0.4, -0.2) is 22.7 Å². The summed E-state index contributed by atoms with van der Waals surface area (Å²) in [5, 5.41) is 10.9. The molecule has 5 aromatic rings. The first-order valence-corrected chi connectivity index (χ1v) is 15.7. The highest BCUT2D eigenvalue weighted by molar-refractivity contribution is 8.00. The topological polar surface area (TPSA) is 100 Å². The van der Waals surface area contributed by atoms with Gasteiger partial charge >= 0.3 is 0 Å². The van der Waals surface area contributed by atoms with Gasteiger partial charge < -0.3 is 16.0 Å². The third-order valence-electron chi connectivity index (χ3n) is 6.24. The molecule has 0 aliphatic rings. The fourth-order valence-electron chi connectivity index (χ4n) is 4.14. The molecular weight excluding hydrogens is 612 g/mol. The Morgan fingerprint density at radius 3 is 2.23 bits per heavy atom. The minimum absolute atomic E-state index is 0.0535. The maximum atomic E-state index is 13.4. The number of nitrogens with one attached hydrogen (secondary N) is 3. The van der Waals surface area contributed by atoms with E-state index in [1.807, 2.05) is 60.8 Å². The van der Waals surface area contributed by atoms with Crippen LogP contribution in [0.4, 0.5) is 10.8 Å². The zero-order chi connectivity index (χ0) is 30.9. The highest BCUT2D eigenvalue weighted by Gasteiger charge is 2.23. The molecule has 0 aliphatic heterocycles. The van der Waals surface area contributed by atoms with Crippen LogP contribution < -0.4 is 16.0 Å². The van der Waals surface area contributed by atoms with Crippen molar-refractivity contribution in [1.29, 1.82) is 0 Å². The first-order valence-electron chi connectivity index (χ1n) is 13.5. The Balaban J connectivity index is 1.32. The van der Waals surface area contributed by atoms with Gasteiger partial charge in [0.25, 0.3) is 11.8 Å². The molecule has 0 aliphatic carbocycles. The summed E-state index contributed by atoms with van der Waals surface area (Å²) < 4.78 is 0. The molecule has 7 nitrogen and oxygen atoms in total. The molecule has 0 radical (unpaired) electrons. The van der Waals surface area contributed by atoms with E-state index in [1.54, 1.807) is 66.7 Å². The average Bonchev–Trinajstić information content (AvgIpc) is 3.45. The molecule has 5 rings (SSSR count). The van der Waals surface area contributed by atoms with Crippen LogP contribution >= 0.6 is 34.7 Å². The zero-order valence-corrected chi connectivity index (χ0v) is 25.9. The lowest BCUT2D eigenvalue weighted by Crippen LogP contribution is -2.30. The number of anilines is 2. The first kappa shape index (κ1) is 30.7. The van der Waals surface area contributed by atoms with E-state index in [2.05, 4.69) is 20.9 Å². The fraction of sp³-hybridized carbons (Fsp3) is 0.0588. The number of hydrogen-bond donors (Lipinski definition) is 3. The van der Waals surface area contributed by atoms with Gasteiger partial charge in [-0.05, 0) is 72.7 Å². The molecule has 3 amide bonds. The van der Waals surface area contributed by atoms with E-state index in [4.69, 9.17) is 11.6 Å². The number of nitrogens with zero attached hydrogens (tertiary/aromatic N) is 1. The number of carbonyl (C=O) groups excluding carboxylic acids is 3. The Kier molecular flexibility index (Phi) is 10.2. The second-order valence-electron chi connectivity index (χ2n) is 9.60. The molecule has 0 spiro atoms. The predicted molar refractivity (Wildman–Crippen MR) is 179 cm³/mol. The number of amides is 3. The molecule has 44 heavy (non-hydrogen) atoms. The van der Waals surface area contributed by atoms with Crippen molar-refractivity contribution < 1.29 is 14.4 Å². The maximum Gasteiger partial charge on any atom is 0.272 e. The van der Waals surface area contributed by atoms with Crippen molar-refractivity contribution in [2.75, 3.05) is 10.6 Å². The maximum absolute atomic E-state index is 13.4. The van der Waals surface area contributed by atoms with Gasteiger partial charge in [-0.15, -0.1) is 23.1 Å². The van der Waals surface area contributed by atoms with Crippen LogP contribution in [0.2, 0.25) is 5.02 Å². The molecule has 0 saturated carbocycles. The van der Waals surface area contributed by atoms with Crippen molar-refractivity contribution in [2.24, 2.45) is 0 Å². The average molecular weight is 639 g/mol. The molecule has 0 saturated heterocycles. The van der Waals surface area contributed by atoms with Crippen molar-refractivity contribution >= 4 is 69.3 Å². The summed E-state index contributed by atoms with van der Waals surface area (Å²) >= 11 is 8.91. The van der Waals surface area contributed by atoms with Gasteiger partial charge in [0.2, 0.25) is 5.91 Å². The van der Waals surface area contributed by atoms with Crippen LogP contribution in [0.15, 0.2) is 125 Å². The highest BCUT2D eigenvalue weighted by atomic mass is 35.5. The minimum atomic E-state index is -0.527. The smallest absolute Gasteiger partial charge is 0.272 e. The summed E-state index contributed by atoms with van der Waals surface area (Å²) in [6.07, 6.45) is 1.57. The lowest BCUT2D eigenvalue weighted by atomic mass is 10.1. The second-order valence-corrected chi connectivity index (χ2v) is 12.1. The summed E-state index contributed by atoms with van der Waals surface area (Å²) in [4.78, 5) is 44.8. The quantitative estimate of drug-likeness (QED) is 0.106. The summed E-state index contributed by atoms with van der Waals surface area (Å²) in [6, 6.07) is 32.3. The van der Waals surface area contributed by atoms with E-state index in [0.717, 1.165) is 16.2 Å². The Bertz CT molecular complexity index is 1790. The van der Waals surface area contributed by atoms with Crippen LogP contribution in [0, 0.1) is 6.92 Å². The lowest BCUT2D eigenvalue weighted by Gasteiger charge is -2.17. The van der Waals surface area contributed by atoms with Crippen molar-refractivity contribution in [3.05, 3.63) is 148 Å². The van der Waals surface area contributed by atoms with Gasteiger partial charge in [0, 0.05) is 26.5 Å². The summed E-state index contributed by atoms with van der Waals surface area (Å²) in [5.74, 6) is -1.10. The molecule has 4 aromatic carbocycles. The lowest BCUT2D eigenvalue weighted by molar-refractivity contribution is -0.116. The Hall–Kier alpha value is -4.70. The van der Waals surface area contributed by atoms with E-state index < -0.39 is 17.1 Å². The van der Waals surface area contributed by atoms with Crippen molar-refractivity contribution in [3.8, 4) is 0 Å². The summed E-state index contributed by atoms with van der Waals surface area (Å²) in [6.45, 7) is 1.88. The van der Waals surface area contributed by atoms with Crippen molar-refractivity contribution in [3.63, 3.8) is 0 Å². The van der Waals surface area contributed by atoms with Gasteiger partial charge in [-0.3, -0.25) is 14.4 Å². The largest absolute Gasteiger partial charge is 0.321 e. The SMILES string of the molecule is Cc1csc(NC(=O)C(Sc2ccc(NC(=O)/C(=C/c3cccc(Cl)c3)NC(=O)c3ccccc3)cc2)c2ccccc2)n1. The second kappa shape index (κ2) is 14.7. The number of thiazole rings is 1. The summed E-state index contributed by atoms with van der Waals surface area (Å²) in [5.41, 5.74) is 3.34. The molecule has 1 atom stereocenters. The number of halogens is 1. The highest BCUT2D eigenvalue weighted by Crippen LogP contribution is 2.37. The summed E-state index contributed by atoms with van der Waals surface area (Å²) in [7, 11) is 0. The van der Waals surface area contributed by atoms with Crippen LogP contribution in [-0.2, 0) is 9.59 Å². The number of benzene rings is 4. The molecule has 220 valence electrons. The van der Waals surface area contributed by atoms with E-state index in [-0.39, 0.29) is 11.6 Å². The minimum Gasteiger partial charge on any atom is -0.321 e. The van der Waals surface area contributed by atoms with Crippen molar-refractivity contribution in [2.45, 2.75) is 17.1 Å². The van der Waals surface area contributed by atoms with Crippen LogP contribution in [0.3, 0.4) is 0 Å². The fourth-order valence-corrected chi connectivity index (χ4v) is 6.05. The van der Waals surface area contributed by atoms with Crippen LogP contribution in [0.25, 0.3) is 6.08 Å². The first-order chi connectivity index (χ1) is 21.3. The predicted octanol–water partition coefficient (Wildman–Crippen LogP) is 7.99. The third-order valence-corrected chi connectivity index (χ3v) is 8.62. The molecule has 1 unspecified atom stereocenters. The van der Waals surface area contributed by atoms with Gasteiger partial charge in [0.1, 0.15) is 10.9 Å². The van der Waals surface area contributed by atoms with E-state index in [1.165, 1.54) is 23.1 Å². The zero-order valence-electron chi connectivity index (χ0n) is 23.5. The number of aromatic nitrogens is 1. The van der Waals surface area contributed by atoms with Crippen LogP contribution in [0.1, 0.15) is 32.4 Å². The van der Waals surface area contributed by atoms with E-state index in [0.29, 0.717) is 27.0 Å². The molecule has 0 bridgehead atoms. The monoisotopic (exact) mass is 638 g/mol. The molecule has 10 heteroatoms. The molecule has 0 fully saturated rings. The van der Waals surface area contributed by atoms with Crippen molar-refractivity contribution in [1.82, 2.24) is 10.3 Å². The Labute approximate surface area is 268 Å². The van der Waals surface area contributed by atoms with Gasteiger partial charge in [0.05, 0.1) is 5.69 Å². The van der Waals surface area contributed by atoms with Crippen LogP contribution in [0.5, 0.6) is 0 Å². The van der Waals surface area contributed by atoms with Gasteiger partial charge in [-0.1, -0.05) is 72.3 Å². The molecule has 1 heterocycles.